The van der Waals surface area contributed by atoms with Gasteiger partial charge in [0, 0.05) is 9.81 Å². The molecule has 104 valence electrons. The van der Waals surface area contributed by atoms with Crippen LogP contribution in [0.1, 0.15) is 40.5 Å². The van der Waals surface area contributed by atoms with E-state index in [0.717, 1.165) is 12.8 Å². The number of rotatable bonds is 5. The highest BCUT2D eigenvalue weighted by molar-refractivity contribution is 8.07. The molecule has 1 aliphatic rings. The highest BCUT2D eigenvalue weighted by atomic mass is 32.2. The van der Waals surface area contributed by atoms with E-state index in [4.69, 9.17) is 0 Å². The van der Waals surface area contributed by atoms with Gasteiger partial charge in [-0.2, -0.15) is 0 Å². The molecule has 0 atom stereocenters. The molecule has 0 bridgehead atoms. The molecule has 0 radical (unpaired) electrons. The van der Waals surface area contributed by atoms with Crippen LogP contribution in [0.3, 0.4) is 0 Å². The van der Waals surface area contributed by atoms with Crippen LogP contribution in [0.5, 0.6) is 0 Å². The normalized spacial score (nSPS) is 15.3. The molecule has 1 rings (SSSR count). The van der Waals surface area contributed by atoms with E-state index in [1.54, 1.807) is 11.8 Å². The first-order chi connectivity index (χ1) is 9.26. The topological polar surface area (TPSA) is 0 Å². The number of thioether (sulfide) groups is 1. The molecule has 0 spiro atoms. The average Bonchev–Trinajstić information content (AvgIpc) is 2.63. The second-order valence-corrected chi connectivity index (χ2v) is 5.05. The molecule has 0 aromatic heterocycles. The summed E-state index contributed by atoms with van der Waals surface area (Å²) >= 11 is 1.78. The summed E-state index contributed by atoms with van der Waals surface area (Å²) in [5, 5.41) is 0. The van der Waals surface area contributed by atoms with E-state index in [-0.39, 0.29) is 0 Å². The SMILES string of the molecule is C=C/C=C(\C=C/CC)SC1=CC=C(C)CC=C1.CC. The van der Waals surface area contributed by atoms with Gasteiger partial charge in [0.25, 0.3) is 0 Å². The maximum atomic E-state index is 3.76. The smallest absolute Gasteiger partial charge is 0.0119 e. The Bertz CT molecular complexity index is 403. The third kappa shape index (κ3) is 8.50. The molecule has 0 nitrogen and oxygen atoms in total. The highest BCUT2D eigenvalue weighted by Crippen LogP contribution is 2.29. The molecule has 0 aromatic carbocycles. The fourth-order valence-corrected chi connectivity index (χ4v) is 2.29. The van der Waals surface area contributed by atoms with E-state index in [1.807, 2.05) is 26.0 Å². The van der Waals surface area contributed by atoms with Gasteiger partial charge < -0.3 is 0 Å². The average molecular weight is 274 g/mol. The molecular weight excluding hydrogens is 248 g/mol. The van der Waals surface area contributed by atoms with E-state index in [0.29, 0.717) is 0 Å². The van der Waals surface area contributed by atoms with Crippen LogP contribution in [0.15, 0.2) is 70.6 Å². The Labute approximate surface area is 123 Å². The molecule has 0 aromatic rings. The summed E-state index contributed by atoms with van der Waals surface area (Å²) in [5.74, 6) is 0. The van der Waals surface area contributed by atoms with Crippen LogP contribution in [0.4, 0.5) is 0 Å². The summed E-state index contributed by atoms with van der Waals surface area (Å²) < 4.78 is 0. The zero-order valence-corrected chi connectivity index (χ0v) is 13.5. The van der Waals surface area contributed by atoms with E-state index in [1.165, 1.54) is 15.4 Å². The molecule has 0 saturated heterocycles. The van der Waals surface area contributed by atoms with E-state index in [9.17, 15) is 0 Å². The molecule has 0 unspecified atom stereocenters. The lowest BCUT2D eigenvalue weighted by Crippen LogP contribution is -1.73. The van der Waals surface area contributed by atoms with Gasteiger partial charge in [-0.15, -0.1) is 0 Å². The highest BCUT2D eigenvalue weighted by Gasteiger charge is 1.99. The van der Waals surface area contributed by atoms with Gasteiger partial charge >= 0.3 is 0 Å². The quantitative estimate of drug-likeness (QED) is 0.511. The minimum absolute atomic E-state index is 1.05. The maximum absolute atomic E-state index is 3.76. The summed E-state index contributed by atoms with van der Waals surface area (Å²) in [5.41, 5.74) is 1.40. The summed E-state index contributed by atoms with van der Waals surface area (Å²) in [6.07, 6.45) is 19.1. The third-order valence-corrected chi connectivity index (χ3v) is 3.31. The number of hydrogen-bond acceptors (Lipinski definition) is 1. The van der Waals surface area contributed by atoms with Crippen LogP contribution in [-0.4, -0.2) is 0 Å². The van der Waals surface area contributed by atoms with Crippen molar-refractivity contribution in [2.75, 3.05) is 0 Å². The van der Waals surface area contributed by atoms with Crippen molar-refractivity contribution in [1.82, 2.24) is 0 Å². The van der Waals surface area contributed by atoms with Crippen molar-refractivity contribution in [3.8, 4) is 0 Å². The molecule has 0 saturated carbocycles. The third-order valence-electron chi connectivity index (χ3n) is 2.29. The van der Waals surface area contributed by atoms with Crippen LogP contribution in [-0.2, 0) is 0 Å². The van der Waals surface area contributed by atoms with Crippen LogP contribution in [0.2, 0.25) is 0 Å². The van der Waals surface area contributed by atoms with Crippen molar-refractivity contribution in [3.63, 3.8) is 0 Å². The Morgan fingerprint density at radius 3 is 2.74 bits per heavy atom. The monoisotopic (exact) mass is 274 g/mol. The van der Waals surface area contributed by atoms with E-state index in [2.05, 4.69) is 56.9 Å². The first-order valence-corrected chi connectivity index (χ1v) is 7.79. The minimum Gasteiger partial charge on any atom is -0.0990 e. The van der Waals surface area contributed by atoms with Gasteiger partial charge in [-0.05, 0) is 31.9 Å². The minimum atomic E-state index is 1.05. The van der Waals surface area contributed by atoms with Crippen molar-refractivity contribution < 1.29 is 0 Å². The molecular formula is C18H26S. The lowest BCUT2D eigenvalue weighted by Gasteiger charge is -2.01. The van der Waals surface area contributed by atoms with Gasteiger partial charge in [0.05, 0.1) is 0 Å². The molecule has 1 aliphatic carbocycles. The van der Waals surface area contributed by atoms with Crippen LogP contribution >= 0.6 is 11.8 Å². The molecule has 0 aliphatic heterocycles. The Kier molecular flexibility index (Phi) is 11.1. The number of hydrogen-bond donors (Lipinski definition) is 0. The zero-order valence-electron chi connectivity index (χ0n) is 12.6. The van der Waals surface area contributed by atoms with Crippen LogP contribution in [0, 0.1) is 0 Å². The van der Waals surface area contributed by atoms with Crippen molar-refractivity contribution in [3.05, 3.63) is 70.6 Å². The van der Waals surface area contributed by atoms with Crippen molar-refractivity contribution >= 4 is 11.8 Å². The molecule has 0 N–H and O–H groups in total. The van der Waals surface area contributed by atoms with Gasteiger partial charge in [0.15, 0.2) is 0 Å². The van der Waals surface area contributed by atoms with Crippen molar-refractivity contribution in [1.29, 1.82) is 0 Å². The van der Waals surface area contributed by atoms with Gasteiger partial charge in [-0.1, -0.05) is 81.1 Å². The Hall–Kier alpha value is -1.21. The van der Waals surface area contributed by atoms with Gasteiger partial charge in [-0.25, -0.2) is 0 Å². The maximum Gasteiger partial charge on any atom is 0.0119 e. The molecule has 1 heteroatoms. The predicted molar refractivity (Wildman–Crippen MR) is 92.2 cm³/mol. The molecule has 0 amide bonds. The zero-order chi connectivity index (χ0) is 14.5. The van der Waals surface area contributed by atoms with Crippen LogP contribution < -0.4 is 0 Å². The van der Waals surface area contributed by atoms with E-state index >= 15 is 0 Å². The van der Waals surface area contributed by atoms with Gasteiger partial charge in [-0.3, -0.25) is 0 Å². The second kappa shape index (κ2) is 11.9. The fraction of sp³-hybridized carbons (Fsp3) is 0.333. The number of allylic oxidation sites excluding steroid dienone is 9. The van der Waals surface area contributed by atoms with Gasteiger partial charge in [0.1, 0.15) is 0 Å². The van der Waals surface area contributed by atoms with Crippen LogP contribution in [0.25, 0.3) is 0 Å². The van der Waals surface area contributed by atoms with E-state index < -0.39 is 0 Å². The van der Waals surface area contributed by atoms with Gasteiger partial charge in [0.2, 0.25) is 0 Å². The molecule has 19 heavy (non-hydrogen) atoms. The molecule has 0 fully saturated rings. The summed E-state index contributed by atoms with van der Waals surface area (Å²) in [4.78, 5) is 2.50. The Morgan fingerprint density at radius 1 is 1.37 bits per heavy atom. The first-order valence-electron chi connectivity index (χ1n) is 6.97. The molecule has 0 heterocycles. The lowest BCUT2D eigenvalue weighted by atomic mass is 10.2. The summed E-state index contributed by atoms with van der Waals surface area (Å²) in [6.45, 7) is 12.1. The predicted octanol–water partition coefficient (Wildman–Crippen LogP) is 6.57. The van der Waals surface area contributed by atoms with Crippen molar-refractivity contribution in [2.45, 2.75) is 40.5 Å². The summed E-state index contributed by atoms with van der Waals surface area (Å²) in [7, 11) is 0. The second-order valence-electron chi connectivity index (χ2n) is 3.91. The summed E-state index contributed by atoms with van der Waals surface area (Å²) in [6, 6.07) is 0. The standard InChI is InChI=1S/C16H20S.C2H6/c1-4-6-10-15(8-5-2)17-16-11-7-9-14(3)12-13-16;1-2/h5-8,10-13H,2,4,9H2,1,3H3;1-2H3/b10-6-,15-8+;. The van der Waals surface area contributed by atoms with Crippen molar-refractivity contribution in [2.24, 2.45) is 0 Å². The fourth-order valence-electron chi connectivity index (χ4n) is 1.39. The lowest BCUT2D eigenvalue weighted by molar-refractivity contribution is 1.22. The Morgan fingerprint density at radius 2 is 2.11 bits per heavy atom. The first kappa shape index (κ1) is 17.8. The largest absolute Gasteiger partial charge is 0.0990 e. The Balaban J connectivity index is 0.00000154.